The van der Waals surface area contributed by atoms with Crippen LogP contribution in [0.2, 0.25) is 5.02 Å². The van der Waals surface area contributed by atoms with Gasteiger partial charge in [-0.15, -0.1) is 11.3 Å². The third kappa shape index (κ3) is 4.79. The van der Waals surface area contributed by atoms with Gasteiger partial charge in [-0.25, -0.2) is 13.4 Å². The Hall–Kier alpha value is -2.56. The fourth-order valence-corrected chi connectivity index (χ4v) is 7.34. The second kappa shape index (κ2) is 9.48. The first-order chi connectivity index (χ1) is 16.7. The van der Waals surface area contributed by atoms with Crippen molar-refractivity contribution in [2.75, 3.05) is 26.2 Å². The van der Waals surface area contributed by atoms with Gasteiger partial charge in [0.15, 0.2) is 5.82 Å². The van der Waals surface area contributed by atoms with Gasteiger partial charge in [0, 0.05) is 16.0 Å². The van der Waals surface area contributed by atoms with Crippen LogP contribution in [-0.4, -0.2) is 48.9 Å². The Kier molecular flexibility index (Phi) is 6.54. The summed E-state index contributed by atoms with van der Waals surface area (Å²) < 4.78 is 28.0. The zero-order valence-corrected chi connectivity index (χ0v) is 21.9. The van der Waals surface area contributed by atoms with Crippen LogP contribution < -0.4 is 10.5 Å². The molecular weight excluding hydrogens is 504 g/mol. The van der Waals surface area contributed by atoms with Crippen molar-refractivity contribution in [3.63, 3.8) is 0 Å². The van der Waals surface area contributed by atoms with Crippen LogP contribution in [0, 0.1) is 13.8 Å². The topological polar surface area (TPSA) is 87.6 Å². The van der Waals surface area contributed by atoms with Crippen LogP contribution in [-0.2, 0) is 16.6 Å². The molecule has 1 fully saturated rings. The van der Waals surface area contributed by atoms with Crippen LogP contribution in [0.5, 0.6) is 0 Å². The summed E-state index contributed by atoms with van der Waals surface area (Å²) in [6, 6.07) is 12.9. The number of thiophene rings is 1. The number of halogens is 1. The smallest absolute Gasteiger partial charge is 0.260 e. The summed E-state index contributed by atoms with van der Waals surface area (Å²) in [4.78, 5) is 22.9. The SMILES string of the molecule is Cc1ccc(C)c(S(=O)(=O)N2CC[NH+](Cc3nc4scc(-c5ccc(Cl)cc5)c4c(=O)[nH]3)CC2)c1. The van der Waals surface area contributed by atoms with E-state index in [0.717, 1.165) is 22.3 Å². The van der Waals surface area contributed by atoms with E-state index in [1.807, 2.05) is 43.5 Å². The summed E-state index contributed by atoms with van der Waals surface area (Å²) in [5, 5.41) is 3.18. The average Bonchev–Trinajstić information content (AvgIpc) is 3.26. The summed E-state index contributed by atoms with van der Waals surface area (Å²) in [5.41, 5.74) is 3.30. The number of H-pyrrole nitrogens is 1. The van der Waals surface area contributed by atoms with E-state index in [4.69, 9.17) is 16.6 Å². The first-order valence-electron chi connectivity index (χ1n) is 11.4. The van der Waals surface area contributed by atoms with Crippen LogP contribution in [0.4, 0.5) is 0 Å². The van der Waals surface area contributed by atoms with Crippen molar-refractivity contribution in [2.45, 2.75) is 25.3 Å². The first kappa shape index (κ1) is 24.1. The highest BCUT2D eigenvalue weighted by Crippen LogP contribution is 2.31. The van der Waals surface area contributed by atoms with Gasteiger partial charge in [-0.2, -0.15) is 4.31 Å². The highest BCUT2D eigenvalue weighted by Gasteiger charge is 2.31. The average molecular weight is 530 g/mol. The van der Waals surface area contributed by atoms with Gasteiger partial charge in [0.1, 0.15) is 11.4 Å². The molecule has 182 valence electrons. The van der Waals surface area contributed by atoms with E-state index in [1.54, 1.807) is 22.5 Å². The third-order valence-corrected chi connectivity index (χ3v) is 9.62. The van der Waals surface area contributed by atoms with E-state index < -0.39 is 10.0 Å². The number of rotatable bonds is 5. The van der Waals surface area contributed by atoms with Crippen LogP contribution in [0.25, 0.3) is 21.3 Å². The Morgan fingerprint density at radius 2 is 1.83 bits per heavy atom. The zero-order chi connectivity index (χ0) is 24.7. The number of hydrogen-bond acceptors (Lipinski definition) is 5. The molecule has 10 heteroatoms. The molecular formula is C25H26ClN4O3S2+. The minimum atomic E-state index is -3.53. The van der Waals surface area contributed by atoms with Crippen molar-refractivity contribution >= 4 is 43.2 Å². The summed E-state index contributed by atoms with van der Waals surface area (Å²) >= 11 is 7.44. The Labute approximate surface area is 213 Å². The molecule has 0 bridgehead atoms. The van der Waals surface area contributed by atoms with Gasteiger partial charge in [-0.1, -0.05) is 35.9 Å². The number of aromatic nitrogens is 2. The lowest BCUT2D eigenvalue weighted by Gasteiger charge is -2.31. The van der Waals surface area contributed by atoms with Crippen molar-refractivity contribution in [3.8, 4) is 11.1 Å². The Morgan fingerprint density at radius 1 is 1.11 bits per heavy atom. The monoisotopic (exact) mass is 529 g/mol. The van der Waals surface area contributed by atoms with Gasteiger partial charge in [-0.3, -0.25) is 4.79 Å². The first-order valence-corrected chi connectivity index (χ1v) is 14.1. The van der Waals surface area contributed by atoms with Crippen molar-refractivity contribution < 1.29 is 13.3 Å². The lowest BCUT2D eigenvalue weighted by atomic mass is 10.1. The molecule has 35 heavy (non-hydrogen) atoms. The largest absolute Gasteiger partial charge is 0.326 e. The fraction of sp³-hybridized carbons (Fsp3) is 0.280. The molecule has 0 atom stereocenters. The number of fused-ring (bicyclic) bond motifs is 1. The molecule has 0 radical (unpaired) electrons. The van der Waals surface area contributed by atoms with E-state index >= 15 is 0 Å². The number of quaternary nitrogens is 1. The molecule has 2 aromatic heterocycles. The molecule has 0 aliphatic carbocycles. The number of nitrogens with zero attached hydrogens (tertiary/aromatic N) is 2. The fourth-order valence-electron chi connectivity index (χ4n) is 4.50. The maximum absolute atomic E-state index is 13.2. The van der Waals surface area contributed by atoms with Gasteiger partial charge in [0.05, 0.1) is 36.5 Å². The molecule has 4 aromatic rings. The number of aromatic amines is 1. The van der Waals surface area contributed by atoms with Gasteiger partial charge in [-0.05, 0) is 48.7 Å². The number of nitrogens with one attached hydrogen (secondary N) is 2. The number of piperazine rings is 1. The lowest BCUT2D eigenvalue weighted by Crippen LogP contribution is -3.13. The molecule has 0 unspecified atom stereocenters. The van der Waals surface area contributed by atoms with E-state index in [1.165, 1.54) is 16.2 Å². The highest BCUT2D eigenvalue weighted by atomic mass is 35.5. The van der Waals surface area contributed by atoms with Gasteiger partial charge in [0.2, 0.25) is 10.0 Å². The number of sulfonamides is 1. The van der Waals surface area contributed by atoms with Crippen molar-refractivity contribution in [2.24, 2.45) is 0 Å². The second-order valence-electron chi connectivity index (χ2n) is 8.95. The van der Waals surface area contributed by atoms with Crippen LogP contribution in [0.1, 0.15) is 17.0 Å². The molecule has 0 amide bonds. The molecule has 3 heterocycles. The van der Waals surface area contributed by atoms with E-state index in [-0.39, 0.29) is 5.56 Å². The molecule has 2 N–H and O–H groups in total. The Bertz CT molecular complexity index is 1550. The second-order valence-corrected chi connectivity index (χ2v) is 12.1. The van der Waals surface area contributed by atoms with Crippen LogP contribution in [0.3, 0.4) is 0 Å². The quantitative estimate of drug-likeness (QED) is 0.416. The van der Waals surface area contributed by atoms with Gasteiger partial charge in [0.25, 0.3) is 5.56 Å². The molecule has 2 aromatic carbocycles. The van der Waals surface area contributed by atoms with Crippen molar-refractivity contribution in [3.05, 3.63) is 80.2 Å². The molecule has 0 saturated carbocycles. The molecule has 1 aliphatic heterocycles. The summed E-state index contributed by atoms with van der Waals surface area (Å²) in [5.74, 6) is 0.618. The summed E-state index contributed by atoms with van der Waals surface area (Å²) in [6.07, 6.45) is 0. The predicted octanol–water partition coefficient (Wildman–Crippen LogP) is 3.01. The molecule has 7 nitrogen and oxygen atoms in total. The maximum atomic E-state index is 13.2. The number of aryl methyl sites for hydroxylation is 2. The van der Waals surface area contributed by atoms with E-state index in [2.05, 4.69) is 4.98 Å². The van der Waals surface area contributed by atoms with E-state index in [9.17, 15) is 13.2 Å². The normalized spacial score (nSPS) is 15.6. The van der Waals surface area contributed by atoms with E-state index in [0.29, 0.717) is 58.7 Å². The highest BCUT2D eigenvalue weighted by molar-refractivity contribution is 7.89. The minimum Gasteiger partial charge on any atom is -0.326 e. The molecule has 1 aliphatic rings. The maximum Gasteiger partial charge on any atom is 0.260 e. The van der Waals surface area contributed by atoms with Crippen LogP contribution >= 0.6 is 22.9 Å². The number of benzene rings is 2. The third-order valence-electron chi connectivity index (χ3n) is 6.46. The standard InChI is InChI=1S/C25H25ClN4O3S2/c1-16-3-4-17(2)21(13-16)35(32,33)30-11-9-29(10-12-30)14-22-27-24(31)23-20(15-34-25(23)28-22)18-5-7-19(26)8-6-18/h3-8,13,15H,9-12,14H2,1-2H3,(H,27,28,31)/p+1. The minimum absolute atomic E-state index is 0.160. The van der Waals surface area contributed by atoms with Crippen molar-refractivity contribution in [1.82, 2.24) is 14.3 Å². The van der Waals surface area contributed by atoms with Crippen LogP contribution in [0.15, 0.2) is 57.5 Å². The number of hydrogen-bond donors (Lipinski definition) is 2. The molecule has 5 rings (SSSR count). The van der Waals surface area contributed by atoms with Gasteiger partial charge >= 0.3 is 0 Å². The summed E-state index contributed by atoms with van der Waals surface area (Å²) in [7, 11) is -3.53. The summed E-state index contributed by atoms with van der Waals surface area (Å²) in [6.45, 7) is 6.41. The van der Waals surface area contributed by atoms with Crippen molar-refractivity contribution in [1.29, 1.82) is 0 Å². The molecule has 0 spiro atoms. The zero-order valence-electron chi connectivity index (χ0n) is 19.5. The Balaban J connectivity index is 1.31. The lowest BCUT2D eigenvalue weighted by molar-refractivity contribution is -0.917. The Morgan fingerprint density at radius 3 is 2.54 bits per heavy atom. The predicted molar refractivity (Wildman–Crippen MR) is 140 cm³/mol. The van der Waals surface area contributed by atoms with Gasteiger partial charge < -0.3 is 9.88 Å². The molecule has 1 saturated heterocycles.